The Bertz CT molecular complexity index is 555. The van der Waals surface area contributed by atoms with Crippen molar-refractivity contribution in [3.63, 3.8) is 0 Å². The van der Waals surface area contributed by atoms with Crippen LogP contribution in [0.4, 0.5) is 0 Å². The average molecular weight is 272 g/mol. The van der Waals surface area contributed by atoms with E-state index < -0.39 is 0 Å². The molecule has 0 aromatic heterocycles. The maximum atomic E-state index is 12.8. The molecule has 0 spiro atoms. The van der Waals surface area contributed by atoms with Crippen LogP contribution in [0.3, 0.4) is 0 Å². The first-order chi connectivity index (χ1) is 9.28. The quantitative estimate of drug-likeness (QED) is 0.745. The predicted octanol–water partition coefficient (Wildman–Crippen LogP) is 4.41. The molecule has 1 aromatic rings. The summed E-state index contributed by atoms with van der Waals surface area (Å²) in [4.78, 5) is 12.8. The second-order valence-electron chi connectivity index (χ2n) is 7.66. The molecule has 1 aliphatic heterocycles. The Balaban J connectivity index is 1.88. The van der Waals surface area contributed by atoms with E-state index in [9.17, 15) is 4.79 Å². The number of fused-ring (bicyclic) bond motifs is 1. The molecule has 0 amide bonds. The van der Waals surface area contributed by atoms with E-state index >= 15 is 0 Å². The summed E-state index contributed by atoms with van der Waals surface area (Å²) in [6, 6.07) is 5.97. The molecule has 0 radical (unpaired) electrons. The van der Waals surface area contributed by atoms with Crippen LogP contribution in [0.5, 0.6) is 5.75 Å². The van der Waals surface area contributed by atoms with Crippen LogP contribution >= 0.6 is 0 Å². The predicted molar refractivity (Wildman–Crippen MR) is 80.3 cm³/mol. The highest BCUT2D eigenvalue weighted by Crippen LogP contribution is 2.44. The van der Waals surface area contributed by atoms with Gasteiger partial charge in [-0.1, -0.05) is 20.3 Å². The molecule has 0 saturated heterocycles. The molecule has 1 aromatic carbocycles. The van der Waals surface area contributed by atoms with Gasteiger partial charge in [-0.25, -0.2) is 0 Å². The number of ether oxygens (including phenoxy) is 1. The molecule has 108 valence electrons. The lowest BCUT2D eigenvalue weighted by Crippen LogP contribution is -2.26. The molecular weight excluding hydrogens is 248 g/mol. The van der Waals surface area contributed by atoms with Crippen molar-refractivity contribution < 1.29 is 9.53 Å². The molecule has 1 atom stereocenters. The average Bonchev–Trinajstić information content (AvgIpc) is 2.84. The molecule has 2 aliphatic rings. The van der Waals surface area contributed by atoms with Gasteiger partial charge in [-0.2, -0.15) is 0 Å². The van der Waals surface area contributed by atoms with Crippen molar-refractivity contribution in [2.75, 3.05) is 0 Å². The first kappa shape index (κ1) is 13.7. The van der Waals surface area contributed by atoms with Gasteiger partial charge in [0.2, 0.25) is 0 Å². The monoisotopic (exact) mass is 272 g/mol. The van der Waals surface area contributed by atoms with E-state index in [-0.39, 0.29) is 16.9 Å². The van der Waals surface area contributed by atoms with E-state index in [0.29, 0.717) is 5.78 Å². The van der Waals surface area contributed by atoms with Gasteiger partial charge < -0.3 is 4.74 Å². The number of Topliss-reactive ketones (excluding diaryl/α,β-unsaturated/α-hetero) is 1. The first-order valence-corrected chi connectivity index (χ1v) is 7.65. The number of rotatable bonds is 2. The zero-order valence-electron chi connectivity index (χ0n) is 13.0. The molecule has 1 unspecified atom stereocenters. The number of ketones is 1. The molecule has 1 aliphatic carbocycles. The molecule has 0 N–H and O–H groups in total. The topological polar surface area (TPSA) is 26.3 Å². The van der Waals surface area contributed by atoms with Crippen molar-refractivity contribution in [2.45, 2.75) is 59.0 Å². The Morgan fingerprint density at radius 3 is 2.65 bits per heavy atom. The van der Waals surface area contributed by atoms with Gasteiger partial charge in [0, 0.05) is 17.9 Å². The van der Waals surface area contributed by atoms with Crippen LogP contribution in [0.15, 0.2) is 18.2 Å². The van der Waals surface area contributed by atoms with Crippen molar-refractivity contribution in [3.05, 3.63) is 29.3 Å². The minimum absolute atomic E-state index is 0.142. The molecule has 2 nitrogen and oxygen atoms in total. The highest BCUT2D eigenvalue weighted by atomic mass is 16.5. The number of benzene rings is 1. The van der Waals surface area contributed by atoms with Gasteiger partial charge in [0.1, 0.15) is 11.4 Å². The summed E-state index contributed by atoms with van der Waals surface area (Å²) in [6.45, 7) is 8.63. The molecular formula is C18H24O2. The number of hydrogen-bond acceptors (Lipinski definition) is 2. The summed E-state index contributed by atoms with van der Waals surface area (Å²) in [5, 5.41) is 0. The lowest BCUT2D eigenvalue weighted by atomic mass is 9.77. The molecule has 1 saturated carbocycles. The minimum atomic E-state index is -0.142. The van der Waals surface area contributed by atoms with Crippen LogP contribution in [0, 0.1) is 11.3 Å². The summed E-state index contributed by atoms with van der Waals surface area (Å²) in [5.41, 5.74) is 2.05. The Kier molecular flexibility index (Phi) is 2.97. The van der Waals surface area contributed by atoms with Gasteiger partial charge in [-0.3, -0.25) is 4.79 Å². The third-order valence-corrected chi connectivity index (χ3v) is 4.92. The second-order valence-corrected chi connectivity index (χ2v) is 7.66. The number of carbonyl (C=O) groups is 1. The second kappa shape index (κ2) is 4.34. The van der Waals surface area contributed by atoms with Crippen molar-refractivity contribution in [2.24, 2.45) is 11.3 Å². The minimum Gasteiger partial charge on any atom is -0.487 e. The van der Waals surface area contributed by atoms with E-state index in [1.807, 2.05) is 12.1 Å². The third-order valence-electron chi connectivity index (χ3n) is 4.92. The van der Waals surface area contributed by atoms with Crippen LogP contribution in [-0.2, 0) is 6.42 Å². The van der Waals surface area contributed by atoms with E-state index in [1.165, 1.54) is 12.0 Å². The summed E-state index contributed by atoms with van der Waals surface area (Å²) in [5.74, 6) is 1.44. The Morgan fingerprint density at radius 1 is 1.25 bits per heavy atom. The molecule has 1 heterocycles. The van der Waals surface area contributed by atoms with Gasteiger partial charge in [0.05, 0.1) is 0 Å². The highest BCUT2D eigenvalue weighted by molar-refractivity contribution is 5.98. The van der Waals surface area contributed by atoms with Crippen LogP contribution in [-0.4, -0.2) is 11.4 Å². The summed E-state index contributed by atoms with van der Waals surface area (Å²) >= 11 is 0. The van der Waals surface area contributed by atoms with E-state index in [0.717, 1.165) is 30.6 Å². The van der Waals surface area contributed by atoms with Crippen LogP contribution in [0.1, 0.15) is 62.9 Å². The zero-order chi connectivity index (χ0) is 14.5. The maximum Gasteiger partial charge on any atom is 0.166 e. The fraction of sp³-hybridized carbons (Fsp3) is 0.611. The summed E-state index contributed by atoms with van der Waals surface area (Å²) in [7, 11) is 0. The van der Waals surface area contributed by atoms with Gasteiger partial charge in [0.25, 0.3) is 0 Å². The normalized spacial score (nSPS) is 26.1. The Morgan fingerprint density at radius 2 is 2.00 bits per heavy atom. The van der Waals surface area contributed by atoms with Gasteiger partial charge >= 0.3 is 0 Å². The summed E-state index contributed by atoms with van der Waals surface area (Å²) < 4.78 is 5.88. The number of hydrogen-bond donors (Lipinski definition) is 0. The van der Waals surface area contributed by atoms with Crippen LogP contribution in [0.2, 0.25) is 0 Å². The highest BCUT2D eigenvalue weighted by Gasteiger charge is 2.40. The van der Waals surface area contributed by atoms with Crippen molar-refractivity contribution in [1.82, 2.24) is 0 Å². The lowest BCUT2D eigenvalue weighted by Gasteiger charge is -2.25. The Hall–Kier alpha value is -1.31. The van der Waals surface area contributed by atoms with Gasteiger partial charge in [-0.15, -0.1) is 0 Å². The third kappa shape index (κ3) is 2.25. The lowest BCUT2D eigenvalue weighted by molar-refractivity contribution is 0.0839. The summed E-state index contributed by atoms with van der Waals surface area (Å²) in [6.07, 6.45) is 4.25. The van der Waals surface area contributed by atoms with Crippen LogP contribution < -0.4 is 4.74 Å². The van der Waals surface area contributed by atoms with E-state index in [4.69, 9.17) is 4.74 Å². The largest absolute Gasteiger partial charge is 0.487 e. The molecule has 0 bridgehead atoms. The molecule has 20 heavy (non-hydrogen) atoms. The van der Waals surface area contributed by atoms with Crippen molar-refractivity contribution in [1.29, 1.82) is 0 Å². The molecule has 2 heteroatoms. The standard InChI is InChI=1S/C18H24O2/c1-17(2)9-5-6-14(17)16(19)12-7-8-15-13(10-12)11-18(3,4)20-15/h7-8,10,14H,5-6,9,11H2,1-4H3. The van der Waals surface area contributed by atoms with Gasteiger partial charge in [-0.05, 0) is 55.9 Å². The number of carbonyl (C=O) groups excluding carboxylic acids is 1. The fourth-order valence-corrected chi connectivity index (χ4v) is 3.78. The smallest absolute Gasteiger partial charge is 0.166 e. The first-order valence-electron chi connectivity index (χ1n) is 7.65. The van der Waals surface area contributed by atoms with Crippen molar-refractivity contribution >= 4 is 5.78 Å². The van der Waals surface area contributed by atoms with Crippen molar-refractivity contribution in [3.8, 4) is 5.75 Å². The maximum absolute atomic E-state index is 12.8. The van der Waals surface area contributed by atoms with Gasteiger partial charge in [0.15, 0.2) is 5.78 Å². The molecule has 1 fully saturated rings. The SMILES string of the molecule is CC1(C)Cc2cc(C(=O)C3CCCC3(C)C)ccc2O1. The fourth-order valence-electron chi connectivity index (χ4n) is 3.78. The molecule has 3 rings (SSSR count). The van der Waals surface area contributed by atoms with E-state index in [1.54, 1.807) is 0 Å². The van der Waals surface area contributed by atoms with E-state index in [2.05, 4.69) is 33.8 Å². The Labute approximate surface area is 121 Å². The zero-order valence-corrected chi connectivity index (χ0v) is 13.0. The van der Waals surface area contributed by atoms with Crippen LogP contribution in [0.25, 0.3) is 0 Å².